The lowest BCUT2D eigenvalue weighted by atomic mass is 10.1. The molecule has 1 atom stereocenters. The lowest BCUT2D eigenvalue weighted by Gasteiger charge is -2.18. The molecule has 0 bridgehead atoms. The maximum absolute atomic E-state index is 13.0. The fourth-order valence-electron chi connectivity index (χ4n) is 1.68. The minimum Gasteiger partial charge on any atom is -0.379 e. The van der Waals surface area contributed by atoms with Crippen molar-refractivity contribution in [3.8, 4) is 0 Å². The maximum atomic E-state index is 13.0. The molecular formula is C11H14ClFN2. The molecule has 0 spiro atoms. The monoisotopic (exact) mass is 228 g/mol. The van der Waals surface area contributed by atoms with Gasteiger partial charge in [-0.15, -0.1) is 0 Å². The fraction of sp³-hybridized carbons (Fsp3) is 0.455. The summed E-state index contributed by atoms with van der Waals surface area (Å²) in [6, 6.07) is 4.53. The van der Waals surface area contributed by atoms with Gasteiger partial charge < -0.3 is 11.1 Å². The second-order valence-electron chi connectivity index (χ2n) is 3.95. The molecule has 0 aliphatic heterocycles. The van der Waals surface area contributed by atoms with E-state index in [0.717, 1.165) is 0 Å². The smallest absolute Gasteiger partial charge is 0.125 e. The van der Waals surface area contributed by atoms with Crippen molar-refractivity contribution in [1.29, 1.82) is 0 Å². The Hall–Kier alpha value is -0.800. The fourth-order valence-corrected chi connectivity index (χ4v) is 1.85. The zero-order valence-corrected chi connectivity index (χ0v) is 9.10. The van der Waals surface area contributed by atoms with Crippen LogP contribution in [-0.4, -0.2) is 12.6 Å². The Morgan fingerprint density at radius 2 is 2.27 bits per heavy atom. The van der Waals surface area contributed by atoms with Crippen LogP contribution in [0.2, 0.25) is 5.02 Å². The van der Waals surface area contributed by atoms with Crippen LogP contribution in [0.3, 0.4) is 0 Å². The molecule has 0 amide bonds. The van der Waals surface area contributed by atoms with E-state index < -0.39 is 0 Å². The first-order valence-corrected chi connectivity index (χ1v) is 5.50. The van der Waals surface area contributed by atoms with E-state index in [1.54, 1.807) is 6.07 Å². The van der Waals surface area contributed by atoms with Crippen molar-refractivity contribution >= 4 is 17.3 Å². The highest BCUT2D eigenvalue weighted by atomic mass is 35.5. The summed E-state index contributed by atoms with van der Waals surface area (Å²) in [6.45, 7) is 0.553. The second-order valence-corrected chi connectivity index (χ2v) is 4.36. The summed E-state index contributed by atoms with van der Waals surface area (Å²) in [5.74, 6) is 0.336. The predicted octanol–water partition coefficient (Wildman–Crippen LogP) is 2.63. The lowest BCUT2D eigenvalue weighted by molar-refractivity contribution is 0.623. The van der Waals surface area contributed by atoms with Crippen LogP contribution in [-0.2, 0) is 0 Å². The number of benzene rings is 1. The Kier molecular flexibility index (Phi) is 3.12. The summed E-state index contributed by atoms with van der Waals surface area (Å²) in [5.41, 5.74) is 6.29. The average molecular weight is 229 g/mol. The summed E-state index contributed by atoms with van der Waals surface area (Å²) < 4.78 is 13.0. The number of nitrogens with two attached hydrogens (primary N) is 1. The zero-order valence-electron chi connectivity index (χ0n) is 8.34. The second kappa shape index (κ2) is 4.37. The van der Waals surface area contributed by atoms with Crippen molar-refractivity contribution in [1.82, 2.24) is 0 Å². The third-order valence-electron chi connectivity index (χ3n) is 2.71. The van der Waals surface area contributed by atoms with Crippen LogP contribution in [0.5, 0.6) is 0 Å². The average Bonchev–Trinajstić information content (AvgIpc) is 3.03. The number of rotatable bonds is 4. The van der Waals surface area contributed by atoms with Gasteiger partial charge in [0.2, 0.25) is 0 Å². The van der Waals surface area contributed by atoms with E-state index in [2.05, 4.69) is 5.32 Å². The topological polar surface area (TPSA) is 38.0 Å². The summed E-state index contributed by atoms with van der Waals surface area (Å²) in [7, 11) is 0. The molecule has 0 aromatic heterocycles. The van der Waals surface area contributed by atoms with E-state index in [9.17, 15) is 4.39 Å². The van der Waals surface area contributed by atoms with Crippen LogP contribution in [0.4, 0.5) is 10.1 Å². The number of hydrogen-bond acceptors (Lipinski definition) is 2. The van der Waals surface area contributed by atoms with E-state index in [-0.39, 0.29) is 11.9 Å². The highest BCUT2D eigenvalue weighted by molar-refractivity contribution is 6.33. The molecule has 1 aromatic carbocycles. The van der Waals surface area contributed by atoms with Crippen LogP contribution in [0.25, 0.3) is 0 Å². The van der Waals surface area contributed by atoms with Gasteiger partial charge in [-0.3, -0.25) is 0 Å². The Balaban J connectivity index is 2.11. The molecule has 3 N–H and O–H groups in total. The molecule has 0 saturated heterocycles. The molecule has 1 saturated carbocycles. The first-order valence-electron chi connectivity index (χ1n) is 5.12. The van der Waals surface area contributed by atoms with Crippen LogP contribution in [0, 0.1) is 11.7 Å². The number of halogens is 2. The van der Waals surface area contributed by atoms with Crippen molar-refractivity contribution < 1.29 is 4.39 Å². The highest BCUT2D eigenvalue weighted by Crippen LogP contribution is 2.35. The Morgan fingerprint density at radius 3 is 2.87 bits per heavy atom. The maximum Gasteiger partial charge on any atom is 0.125 e. The van der Waals surface area contributed by atoms with Gasteiger partial charge >= 0.3 is 0 Å². The van der Waals surface area contributed by atoms with Gasteiger partial charge in [-0.2, -0.15) is 0 Å². The van der Waals surface area contributed by atoms with Gasteiger partial charge in [0.25, 0.3) is 0 Å². The van der Waals surface area contributed by atoms with Crippen LogP contribution in [0.1, 0.15) is 12.8 Å². The van der Waals surface area contributed by atoms with Crippen molar-refractivity contribution in [3.05, 3.63) is 29.0 Å². The summed E-state index contributed by atoms with van der Waals surface area (Å²) >= 11 is 5.95. The van der Waals surface area contributed by atoms with E-state index in [1.807, 2.05) is 0 Å². The van der Waals surface area contributed by atoms with Gasteiger partial charge in [0, 0.05) is 12.6 Å². The van der Waals surface area contributed by atoms with E-state index >= 15 is 0 Å². The first kappa shape index (κ1) is 10.7. The molecule has 2 nitrogen and oxygen atoms in total. The third kappa shape index (κ3) is 2.61. The van der Waals surface area contributed by atoms with Crippen LogP contribution in [0.15, 0.2) is 18.2 Å². The van der Waals surface area contributed by atoms with E-state index in [0.29, 0.717) is 23.2 Å². The van der Waals surface area contributed by atoms with Gasteiger partial charge in [-0.25, -0.2) is 4.39 Å². The third-order valence-corrected chi connectivity index (χ3v) is 3.04. The quantitative estimate of drug-likeness (QED) is 0.832. The minimum absolute atomic E-state index is 0.212. The largest absolute Gasteiger partial charge is 0.379 e. The normalized spacial score (nSPS) is 17.5. The van der Waals surface area contributed by atoms with Gasteiger partial charge in [-0.05, 0) is 37.0 Å². The molecule has 2 rings (SSSR count). The molecule has 1 aliphatic carbocycles. The molecular weight excluding hydrogens is 215 g/mol. The standard InChI is InChI=1S/C11H14ClFN2/c12-9-4-3-8(13)5-10(9)15-11(6-14)7-1-2-7/h3-5,7,11,15H,1-2,6,14H2. The van der Waals surface area contributed by atoms with Crippen molar-refractivity contribution in [2.24, 2.45) is 11.7 Å². The Morgan fingerprint density at radius 1 is 1.53 bits per heavy atom. The Bertz CT molecular complexity index is 352. The van der Waals surface area contributed by atoms with Gasteiger partial charge in [-0.1, -0.05) is 11.6 Å². The predicted molar refractivity (Wildman–Crippen MR) is 60.6 cm³/mol. The van der Waals surface area contributed by atoms with Crippen molar-refractivity contribution in [2.75, 3.05) is 11.9 Å². The van der Waals surface area contributed by atoms with E-state index in [4.69, 9.17) is 17.3 Å². The SMILES string of the molecule is NCC(Nc1cc(F)ccc1Cl)C1CC1. The van der Waals surface area contributed by atoms with Gasteiger partial charge in [0.05, 0.1) is 10.7 Å². The van der Waals surface area contributed by atoms with Crippen LogP contribution < -0.4 is 11.1 Å². The molecule has 4 heteroatoms. The molecule has 1 aliphatic rings. The van der Waals surface area contributed by atoms with Crippen LogP contribution >= 0.6 is 11.6 Å². The number of hydrogen-bond donors (Lipinski definition) is 2. The summed E-state index contributed by atoms with van der Waals surface area (Å²) in [6.07, 6.45) is 2.39. The summed E-state index contributed by atoms with van der Waals surface area (Å²) in [4.78, 5) is 0. The molecule has 82 valence electrons. The van der Waals surface area contributed by atoms with E-state index in [1.165, 1.54) is 25.0 Å². The first-order chi connectivity index (χ1) is 7.20. The highest BCUT2D eigenvalue weighted by Gasteiger charge is 2.30. The van der Waals surface area contributed by atoms with Gasteiger partial charge in [0.15, 0.2) is 0 Å². The summed E-state index contributed by atoms with van der Waals surface area (Å²) in [5, 5.41) is 3.74. The minimum atomic E-state index is -0.284. The number of nitrogens with one attached hydrogen (secondary N) is 1. The molecule has 1 unspecified atom stereocenters. The van der Waals surface area contributed by atoms with Gasteiger partial charge in [0.1, 0.15) is 5.82 Å². The Labute approximate surface area is 93.6 Å². The molecule has 0 heterocycles. The zero-order chi connectivity index (χ0) is 10.8. The molecule has 1 aromatic rings. The molecule has 0 radical (unpaired) electrons. The molecule has 15 heavy (non-hydrogen) atoms. The lowest BCUT2D eigenvalue weighted by Crippen LogP contribution is -2.30. The number of anilines is 1. The van der Waals surface area contributed by atoms with Crippen molar-refractivity contribution in [2.45, 2.75) is 18.9 Å². The van der Waals surface area contributed by atoms with Crippen molar-refractivity contribution in [3.63, 3.8) is 0 Å². The molecule has 1 fully saturated rings.